The molecule has 1 aliphatic rings. The van der Waals surface area contributed by atoms with E-state index in [2.05, 4.69) is 44.7 Å². The van der Waals surface area contributed by atoms with E-state index in [1.807, 2.05) is 12.1 Å². The quantitative estimate of drug-likeness (QED) is 0.643. The number of fused-ring (bicyclic) bond motifs is 1. The molecule has 1 saturated heterocycles. The number of anilines is 1. The molecule has 148 valence electrons. The summed E-state index contributed by atoms with van der Waals surface area (Å²) in [6.07, 6.45) is 2.13. The number of nitrogens with zero attached hydrogens (tertiary/aromatic N) is 2. The SMILES string of the molecule is COCc1cn(Sc2ccc(OC)c(N3CCNCC3)c2)c2cc(Cl)ccc12. The molecule has 0 spiro atoms. The standard InChI is InChI=1S/C21H24ClN3O2S/c1-26-14-15-13-25(19-11-16(22)3-5-18(15)19)28-17-4-6-21(27-2)20(12-17)24-9-7-23-8-10-24/h3-6,11-13,23H,7-10,14H2,1-2H3. The smallest absolute Gasteiger partial charge is 0.142 e. The number of halogens is 1. The summed E-state index contributed by atoms with van der Waals surface area (Å²) in [6.45, 7) is 4.50. The second-order valence-corrected chi connectivity index (χ2v) is 8.22. The molecule has 2 aromatic carbocycles. The predicted octanol–water partition coefficient (Wildman–Crippen LogP) is 4.41. The van der Waals surface area contributed by atoms with E-state index in [0.717, 1.165) is 64.0 Å². The maximum Gasteiger partial charge on any atom is 0.142 e. The second-order valence-electron chi connectivity index (χ2n) is 6.74. The summed E-state index contributed by atoms with van der Waals surface area (Å²) in [6, 6.07) is 12.3. The van der Waals surface area contributed by atoms with Gasteiger partial charge in [-0.1, -0.05) is 17.7 Å². The summed E-state index contributed by atoms with van der Waals surface area (Å²) >= 11 is 7.94. The van der Waals surface area contributed by atoms with Crippen LogP contribution in [0.4, 0.5) is 5.69 Å². The summed E-state index contributed by atoms with van der Waals surface area (Å²) in [4.78, 5) is 3.52. The molecule has 1 aromatic heterocycles. The summed E-state index contributed by atoms with van der Waals surface area (Å²) in [7, 11) is 3.45. The molecule has 2 heterocycles. The fourth-order valence-corrected chi connectivity index (χ4v) is 4.69. The van der Waals surface area contributed by atoms with E-state index < -0.39 is 0 Å². The first-order valence-electron chi connectivity index (χ1n) is 9.30. The van der Waals surface area contributed by atoms with Gasteiger partial charge >= 0.3 is 0 Å². The first-order valence-corrected chi connectivity index (χ1v) is 10.4. The van der Waals surface area contributed by atoms with Gasteiger partial charge in [0.05, 0.1) is 24.9 Å². The van der Waals surface area contributed by atoms with E-state index in [4.69, 9.17) is 21.1 Å². The zero-order valence-corrected chi connectivity index (χ0v) is 17.6. The maximum absolute atomic E-state index is 6.26. The zero-order chi connectivity index (χ0) is 19.5. The molecule has 0 aliphatic carbocycles. The Hall–Kier alpha value is -1.86. The molecule has 28 heavy (non-hydrogen) atoms. The van der Waals surface area contributed by atoms with Crippen LogP contribution in [0.3, 0.4) is 0 Å². The highest BCUT2D eigenvalue weighted by Crippen LogP contribution is 2.36. The average molecular weight is 418 g/mol. The molecule has 3 aromatic rings. The van der Waals surface area contributed by atoms with E-state index in [1.54, 1.807) is 26.2 Å². The van der Waals surface area contributed by atoms with Gasteiger partial charge in [0.1, 0.15) is 5.75 Å². The van der Waals surface area contributed by atoms with Gasteiger partial charge in [0.15, 0.2) is 0 Å². The molecule has 4 rings (SSSR count). The number of hydrogen-bond donors (Lipinski definition) is 1. The van der Waals surface area contributed by atoms with Crippen molar-refractivity contribution in [2.75, 3.05) is 45.3 Å². The number of piperazine rings is 1. The Morgan fingerprint density at radius 1 is 1.11 bits per heavy atom. The first kappa shape index (κ1) is 19.5. The molecule has 0 radical (unpaired) electrons. The van der Waals surface area contributed by atoms with Crippen LogP contribution in [0.5, 0.6) is 5.75 Å². The van der Waals surface area contributed by atoms with Gasteiger partial charge in [0.25, 0.3) is 0 Å². The van der Waals surface area contributed by atoms with Gasteiger partial charge < -0.3 is 19.7 Å². The van der Waals surface area contributed by atoms with Crippen molar-refractivity contribution >= 4 is 40.1 Å². The second kappa shape index (κ2) is 8.66. The minimum Gasteiger partial charge on any atom is -0.495 e. The van der Waals surface area contributed by atoms with Crippen LogP contribution in [0.2, 0.25) is 5.02 Å². The minimum atomic E-state index is 0.570. The molecule has 0 amide bonds. The largest absolute Gasteiger partial charge is 0.495 e. The number of rotatable bonds is 6. The summed E-state index contributed by atoms with van der Waals surface area (Å²) < 4.78 is 13.2. The Morgan fingerprint density at radius 3 is 2.68 bits per heavy atom. The van der Waals surface area contributed by atoms with Crippen LogP contribution in [0.15, 0.2) is 47.5 Å². The van der Waals surface area contributed by atoms with E-state index >= 15 is 0 Å². The number of nitrogens with one attached hydrogen (secondary N) is 1. The van der Waals surface area contributed by atoms with Crippen LogP contribution in [-0.2, 0) is 11.3 Å². The van der Waals surface area contributed by atoms with Gasteiger partial charge in [-0.3, -0.25) is 3.97 Å². The summed E-state index contributed by atoms with van der Waals surface area (Å²) in [5.41, 5.74) is 3.38. The lowest BCUT2D eigenvalue weighted by atomic mass is 10.2. The highest BCUT2D eigenvalue weighted by atomic mass is 35.5. The lowest BCUT2D eigenvalue weighted by Crippen LogP contribution is -2.43. The fraction of sp³-hybridized carbons (Fsp3) is 0.333. The molecule has 5 nitrogen and oxygen atoms in total. The highest BCUT2D eigenvalue weighted by Gasteiger charge is 2.17. The third-order valence-corrected chi connectivity index (χ3v) is 6.13. The van der Waals surface area contributed by atoms with Crippen molar-refractivity contribution < 1.29 is 9.47 Å². The van der Waals surface area contributed by atoms with E-state index in [1.165, 1.54) is 0 Å². The van der Waals surface area contributed by atoms with Crippen LogP contribution >= 0.6 is 23.5 Å². The Bertz CT molecular complexity index is 970. The lowest BCUT2D eigenvalue weighted by Gasteiger charge is -2.30. The molecule has 0 unspecified atom stereocenters. The van der Waals surface area contributed by atoms with E-state index in [-0.39, 0.29) is 0 Å². The topological polar surface area (TPSA) is 38.7 Å². The van der Waals surface area contributed by atoms with Crippen molar-refractivity contribution in [3.63, 3.8) is 0 Å². The van der Waals surface area contributed by atoms with Crippen molar-refractivity contribution in [1.82, 2.24) is 9.29 Å². The average Bonchev–Trinajstić information content (AvgIpc) is 3.05. The van der Waals surface area contributed by atoms with E-state index in [0.29, 0.717) is 6.61 Å². The van der Waals surface area contributed by atoms with Crippen molar-refractivity contribution in [2.24, 2.45) is 0 Å². The number of hydrogen-bond acceptors (Lipinski definition) is 5. The van der Waals surface area contributed by atoms with Gasteiger partial charge in [-0.05, 0) is 42.3 Å². The Labute approximate surface area is 174 Å². The number of aromatic nitrogens is 1. The third kappa shape index (κ3) is 3.96. The Balaban J connectivity index is 1.70. The maximum atomic E-state index is 6.26. The molecule has 1 fully saturated rings. The molecule has 1 aliphatic heterocycles. The van der Waals surface area contributed by atoms with Crippen LogP contribution in [0.25, 0.3) is 10.9 Å². The zero-order valence-electron chi connectivity index (χ0n) is 16.1. The Kier molecular flexibility index (Phi) is 6.01. The number of benzene rings is 2. The van der Waals surface area contributed by atoms with Crippen molar-refractivity contribution in [3.8, 4) is 5.75 Å². The molecule has 1 N–H and O–H groups in total. The van der Waals surface area contributed by atoms with Gasteiger partial charge in [0, 0.05) is 60.4 Å². The molecular formula is C21H24ClN3O2S. The minimum absolute atomic E-state index is 0.570. The first-order chi connectivity index (χ1) is 13.7. The summed E-state index contributed by atoms with van der Waals surface area (Å²) in [5, 5.41) is 5.29. The van der Waals surface area contributed by atoms with Gasteiger partial charge in [0.2, 0.25) is 0 Å². The molecule has 0 saturated carbocycles. The summed E-state index contributed by atoms with van der Waals surface area (Å²) in [5.74, 6) is 0.909. The van der Waals surface area contributed by atoms with Crippen LogP contribution in [0.1, 0.15) is 5.56 Å². The van der Waals surface area contributed by atoms with Crippen molar-refractivity contribution in [3.05, 3.63) is 53.2 Å². The molecular weight excluding hydrogens is 394 g/mol. The van der Waals surface area contributed by atoms with Gasteiger partial charge in [-0.15, -0.1) is 0 Å². The fourth-order valence-electron chi connectivity index (χ4n) is 3.58. The van der Waals surface area contributed by atoms with Crippen LogP contribution in [-0.4, -0.2) is 44.4 Å². The van der Waals surface area contributed by atoms with Crippen molar-refractivity contribution in [2.45, 2.75) is 11.5 Å². The molecule has 0 atom stereocenters. The monoisotopic (exact) mass is 417 g/mol. The molecule has 0 bridgehead atoms. The lowest BCUT2D eigenvalue weighted by molar-refractivity contribution is 0.186. The normalized spacial score (nSPS) is 14.6. The van der Waals surface area contributed by atoms with Crippen LogP contribution in [0, 0.1) is 0 Å². The van der Waals surface area contributed by atoms with Crippen LogP contribution < -0.4 is 15.0 Å². The van der Waals surface area contributed by atoms with Gasteiger partial charge in [-0.2, -0.15) is 0 Å². The van der Waals surface area contributed by atoms with E-state index in [9.17, 15) is 0 Å². The predicted molar refractivity (Wildman–Crippen MR) is 117 cm³/mol. The van der Waals surface area contributed by atoms with Gasteiger partial charge in [-0.25, -0.2) is 0 Å². The Morgan fingerprint density at radius 2 is 1.93 bits per heavy atom. The number of methoxy groups -OCH3 is 2. The highest BCUT2D eigenvalue weighted by molar-refractivity contribution is 7.98. The third-order valence-electron chi connectivity index (χ3n) is 4.93. The number of ether oxygens (including phenoxy) is 2. The molecule has 7 heteroatoms. The van der Waals surface area contributed by atoms with Crippen molar-refractivity contribution in [1.29, 1.82) is 0 Å².